The number of H-pyrrole nitrogens is 1. The highest BCUT2D eigenvalue weighted by Crippen LogP contribution is 2.06. The van der Waals surface area contributed by atoms with Gasteiger partial charge in [0.25, 0.3) is 0 Å². The number of rotatable bonds is 2. The van der Waals surface area contributed by atoms with Crippen LogP contribution in [-0.2, 0) is 0 Å². The molecule has 0 aliphatic carbocycles. The molecule has 0 spiro atoms. The Hall–Kier alpha value is -1.60. The molecular formula is C8H9N3O. The normalized spacial score (nSPS) is 12.0. The third-order valence-corrected chi connectivity index (χ3v) is 1.51. The van der Waals surface area contributed by atoms with Crippen molar-refractivity contribution in [2.75, 3.05) is 0 Å². The second kappa shape index (κ2) is 3.69. The van der Waals surface area contributed by atoms with Crippen molar-refractivity contribution < 1.29 is 0 Å². The highest BCUT2D eigenvalue weighted by Gasteiger charge is 2.04. The van der Waals surface area contributed by atoms with Gasteiger partial charge in [-0.15, -0.1) is 0 Å². The van der Waals surface area contributed by atoms with Gasteiger partial charge in [0, 0.05) is 24.0 Å². The Morgan fingerprint density at radius 2 is 2.50 bits per heavy atom. The van der Waals surface area contributed by atoms with Gasteiger partial charge in [0.1, 0.15) is 0 Å². The molecule has 0 aliphatic heterocycles. The molecule has 0 aliphatic rings. The van der Waals surface area contributed by atoms with Crippen LogP contribution in [0.4, 0.5) is 0 Å². The first-order valence-corrected chi connectivity index (χ1v) is 3.55. The second-order valence-corrected chi connectivity index (χ2v) is 2.45. The molecule has 4 nitrogen and oxygen atoms in total. The van der Waals surface area contributed by atoms with Crippen molar-refractivity contribution in [3.05, 3.63) is 34.2 Å². The number of hydrogen-bond acceptors (Lipinski definition) is 3. The molecule has 4 heteroatoms. The first kappa shape index (κ1) is 8.50. The van der Waals surface area contributed by atoms with Gasteiger partial charge in [-0.2, -0.15) is 5.26 Å². The summed E-state index contributed by atoms with van der Waals surface area (Å²) in [6.45, 7) is 0. The van der Waals surface area contributed by atoms with E-state index in [4.69, 9.17) is 11.0 Å². The smallest absolute Gasteiger partial charge is 0.181 e. The Morgan fingerprint density at radius 1 is 1.75 bits per heavy atom. The lowest BCUT2D eigenvalue weighted by molar-refractivity contribution is 0.719. The van der Waals surface area contributed by atoms with E-state index in [1.165, 1.54) is 18.3 Å². The first-order valence-electron chi connectivity index (χ1n) is 3.55. The molecular weight excluding hydrogens is 154 g/mol. The van der Waals surface area contributed by atoms with Crippen LogP contribution >= 0.6 is 0 Å². The van der Waals surface area contributed by atoms with Crippen LogP contribution in [0, 0.1) is 11.3 Å². The SMILES string of the molecule is N#CCC(N)c1cc(=O)cc[nH]1. The van der Waals surface area contributed by atoms with Gasteiger partial charge in [-0.25, -0.2) is 0 Å². The number of pyridine rings is 1. The van der Waals surface area contributed by atoms with Gasteiger partial charge < -0.3 is 10.7 Å². The number of nitrogens with one attached hydrogen (secondary N) is 1. The Morgan fingerprint density at radius 3 is 3.08 bits per heavy atom. The summed E-state index contributed by atoms with van der Waals surface area (Å²) in [7, 11) is 0. The fourth-order valence-electron chi connectivity index (χ4n) is 0.885. The molecule has 0 radical (unpaired) electrons. The lowest BCUT2D eigenvalue weighted by Crippen LogP contribution is -2.13. The predicted molar refractivity (Wildman–Crippen MR) is 44.2 cm³/mol. The Balaban J connectivity index is 2.89. The summed E-state index contributed by atoms with van der Waals surface area (Å²) in [5.41, 5.74) is 6.08. The van der Waals surface area contributed by atoms with E-state index >= 15 is 0 Å². The molecule has 0 aromatic carbocycles. The van der Waals surface area contributed by atoms with E-state index in [9.17, 15) is 4.79 Å². The monoisotopic (exact) mass is 163 g/mol. The third kappa shape index (κ3) is 1.94. The number of nitriles is 1. The molecule has 1 aromatic rings. The molecule has 12 heavy (non-hydrogen) atoms. The number of aromatic nitrogens is 1. The second-order valence-electron chi connectivity index (χ2n) is 2.45. The van der Waals surface area contributed by atoms with E-state index in [1.54, 1.807) is 0 Å². The zero-order valence-electron chi connectivity index (χ0n) is 6.45. The van der Waals surface area contributed by atoms with Gasteiger partial charge in [-0.1, -0.05) is 0 Å². The summed E-state index contributed by atoms with van der Waals surface area (Å²) in [6.07, 6.45) is 1.73. The number of hydrogen-bond donors (Lipinski definition) is 2. The zero-order valence-corrected chi connectivity index (χ0v) is 6.45. The van der Waals surface area contributed by atoms with Crippen LogP contribution in [0.15, 0.2) is 23.1 Å². The maximum absolute atomic E-state index is 10.8. The van der Waals surface area contributed by atoms with Crippen LogP contribution in [0.1, 0.15) is 18.2 Å². The van der Waals surface area contributed by atoms with Gasteiger partial charge in [0.15, 0.2) is 5.43 Å². The van der Waals surface area contributed by atoms with Crippen LogP contribution in [0.25, 0.3) is 0 Å². The number of nitrogens with zero attached hydrogens (tertiary/aromatic N) is 1. The van der Waals surface area contributed by atoms with Crippen LogP contribution in [0.3, 0.4) is 0 Å². The van der Waals surface area contributed by atoms with Gasteiger partial charge in [-0.05, 0) is 0 Å². The topological polar surface area (TPSA) is 82.7 Å². The standard InChI is InChI=1S/C8H9N3O/c9-3-1-7(10)8-5-6(12)2-4-11-8/h2,4-5,7H,1,10H2,(H,11,12). The molecule has 1 rings (SSSR count). The van der Waals surface area contributed by atoms with Crippen LogP contribution in [0.2, 0.25) is 0 Å². The minimum absolute atomic E-state index is 0.0999. The molecule has 0 fully saturated rings. The highest BCUT2D eigenvalue weighted by molar-refractivity contribution is 5.09. The lowest BCUT2D eigenvalue weighted by Gasteiger charge is -2.05. The van der Waals surface area contributed by atoms with Crippen molar-refractivity contribution in [3.63, 3.8) is 0 Å². The van der Waals surface area contributed by atoms with Crippen molar-refractivity contribution in [2.24, 2.45) is 5.73 Å². The van der Waals surface area contributed by atoms with E-state index in [2.05, 4.69) is 4.98 Å². The maximum Gasteiger partial charge on any atom is 0.181 e. The van der Waals surface area contributed by atoms with Crippen molar-refractivity contribution >= 4 is 0 Å². The van der Waals surface area contributed by atoms with E-state index in [0.717, 1.165) is 0 Å². The van der Waals surface area contributed by atoms with Crippen molar-refractivity contribution in [2.45, 2.75) is 12.5 Å². The van der Waals surface area contributed by atoms with E-state index in [-0.39, 0.29) is 11.8 Å². The predicted octanol–water partition coefficient (Wildman–Crippen LogP) is 0.288. The van der Waals surface area contributed by atoms with Crippen molar-refractivity contribution in [3.8, 4) is 6.07 Å². The molecule has 1 heterocycles. The van der Waals surface area contributed by atoms with E-state index in [1.807, 2.05) is 6.07 Å². The van der Waals surface area contributed by atoms with Gasteiger partial charge in [0.05, 0.1) is 18.5 Å². The Labute approximate surface area is 69.6 Å². The van der Waals surface area contributed by atoms with Crippen molar-refractivity contribution in [1.82, 2.24) is 4.98 Å². The number of aromatic amines is 1. The van der Waals surface area contributed by atoms with Gasteiger partial charge in [-0.3, -0.25) is 4.79 Å². The molecule has 1 aromatic heterocycles. The first-order chi connectivity index (χ1) is 5.74. The molecule has 0 saturated heterocycles. The molecule has 62 valence electrons. The fourth-order valence-corrected chi connectivity index (χ4v) is 0.885. The summed E-state index contributed by atoms with van der Waals surface area (Å²) in [5, 5.41) is 8.35. The molecule has 3 N–H and O–H groups in total. The van der Waals surface area contributed by atoms with Crippen LogP contribution < -0.4 is 11.2 Å². The number of nitrogens with two attached hydrogens (primary N) is 1. The average Bonchev–Trinajstić information content (AvgIpc) is 2.05. The molecule has 0 amide bonds. The molecule has 0 bridgehead atoms. The van der Waals surface area contributed by atoms with Gasteiger partial charge in [0.2, 0.25) is 0 Å². The summed E-state index contributed by atoms with van der Waals surface area (Å²) >= 11 is 0. The largest absolute Gasteiger partial charge is 0.363 e. The Bertz CT molecular complexity index is 350. The minimum atomic E-state index is -0.399. The molecule has 0 saturated carbocycles. The van der Waals surface area contributed by atoms with Crippen molar-refractivity contribution in [1.29, 1.82) is 5.26 Å². The quantitative estimate of drug-likeness (QED) is 0.657. The third-order valence-electron chi connectivity index (χ3n) is 1.51. The summed E-state index contributed by atoms with van der Waals surface area (Å²) < 4.78 is 0. The van der Waals surface area contributed by atoms with Gasteiger partial charge >= 0.3 is 0 Å². The lowest BCUT2D eigenvalue weighted by atomic mass is 10.1. The average molecular weight is 163 g/mol. The zero-order chi connectivity index (χ0) is 8.97. The minimum Gasteiger partial charge on any atom is -0.363 e. The summed E-state index contributed by atoms with van der Waals surface area (Å²) in [6, 6.07) is 4.35. The molecule has 1 atom stereocenters. The summed E-state index contributed by atoms with van der Waals surface area (Å²) in [4.78, 5) is 13.7. The highest BCUT2D eigenvalue weighted by atomic mass is 16.1. The Kier molecular flexibility index (Phi) is 2.62. The maximum atomic E-state index is 10.8. The van der Waals surface area contributed by atoms with Crippen LogP contribution in [0.5, 0.6) is 0 Å². The summed E-state index contributed by atoms with van der Waals surface area (Å²) in [5.74, 6) is 0. The fraction of sp³-hybridized carbons (Fsp3) is 0.250. The van der Waals surface area contributed by atoms with Crippen LogP contribution in [-0.4, -0.2) is 4.98 Å². The molecule has 1 unspecified atom stereocenters. The van der Waals surface area contributed by atoms with E-state index < -0.39 is 6.04 Å². The van der Waals surface area contributed by atoms with E-state index in [0.29, 0.717) is 5.69 Å².